The number of rotatable bonds is 0. The maximum atomic E-state index is 2.35. The molecule has 2 atom stereocenters. The van der Waals surface area contributed by atoms with Gasteiger partial charge in [0.25, 0.3) is 0 Å². The smallest absolute Gasteiger partial charge is 0.0128 e. The van der Waals surface area contributed by atoms with Gasteiger partial charge in [-0.15, -0.1) is 0 Å². The summed E-state index contributed by atoms with van der Waals surface area (Å²) >= 11 is 0. The molecule has 0 aliphatic heterocycles. The Morgan fingerprint density at radius 3 is 2.60 bits per heavy atom. The molecule has 2 aliphatic rings. The third-order valence-electron chi connectivity index (χ3n) is 3.85. The van der Waals surface area contributed by atoms with E-state index in [-0.39, 0.29) is 0 Å². The molecule has 0 amide bonds. The normalized spacial score (nSPS) is 27.3. The summed E-state index contributed by atoms with van der Waals surface area (Å²) in [5.74, 6) is 1.91. The number of hydrogen-bond donors (Lipinski definition) is 0. The van der Waals surface area contributed by atoms with Crippen molar-refractivity contribution in [2.45, 2.75) is 51.9 Å². The fourth-order valence-electron chi connectivity index (χ4n) is 3.23. The average molecular weight is 202 g/mol. The van der Waals surface area contributed by atoms with Crippen LogP contribution in [0.15, 0.2) is 24.3 Å². The van der Waals surface area contributed by atoms with Gasteiger partial charge in [0.2, 0.25) is 0 Å². The molecule has 15 heavy (non-hydrogen) atoms. The van der Waals surface area contributed by atoms with Crippen molar-refractivity contribution >= 4 is 0 Å². The number of fused-ring (bicyclic) bond motifs is 3. The summed E-state index contributed by atoms with van der Waals surface area (Å²) in [6.07, 6.45) is 7.20. The second-order valence-electron chi connectivity index (χ2n) is 4.55. The first kappa shape index (κ1) is 10.7. The highest BCUT2D eigenvalue weighted by Crippen LogP contribution is 2.46. The van der Waals surface area contributed by atoms with Gasteiger partial charge in [0.05, 0.1) is 0 Å². The Kier molecular flexibility index (Phi) is 3.45. The summed E-state index contributed by atoms with van der Waals surface area (Å²) in [5, 5.41) is 0. The van der Waals surface area contributed by atoms with Crippen LogP contribution >= 0.6 is 0 Å². The summed E-state index contributed by atoms with van der Waals surface area (Å²) in [6, 6.07) is 9.07. The molecule has 0 N–H and O–H groups in total. The molecule has 1 fully saturated rings. The summed E-state index contributed by atoms with van der Waals surface area (Å²) in [4.78, 5) is 0. The van der Waals surface area contributed by atoms with Gasteiger partial charge in [-0.25, -0.2) is 0 Å². The second-order valence-corrected chi connectivity index (χ2v) is 4.55. The van der Waals surface area contributed by atoms with E-state index in [9.17, 15) is 0 Å². The van der Waals surface area contributed by atoms with Gasteiger partial charge in [0.15, 0.2) is 0 Å². The molecule has 2 unspecified atom stereocenters. The topological polar surface area (TPSA) is 0 Å². The molecule has 82 valence electrons. The Morgan fingerprint density at radius 2 is 1.73 bits per heavy atom. The summed E-state index contributed by atoms with van der Waals surface area (Å²) in [7, 11) is 0. The lowest BCUT2D eigenvalue weighted by molar-refractivity contribution is 0.330. The molecule has 2 aliphatic carbocycles. The van der Waals surface area contributed by atoms with Crippen molar-refractivity contribution in [2.75, 3.05) is 0 Å². The minimum absolute atomic E-state index is 0.921. The Bertz CT molecular complexity index is 314. The van der Waals surface area contributed by atoms with Crippen molar-refractivity contribution in [1.82, 2.24) is 0 Å². The van der Waals surface area contributed by atoms with Gasteiger partial charge < -0.3 is 0 Å². The Balaban J connectivity index is 0.000000404. The molecule has 3 rings (SSSR count). The van der Waals surface area contributed by atoms with Gasteiger partial charge >= 0.3 is 0 Å². The van der Waals surface area contributed by atoms with E-state index in [1.165, 1.54) is 32.1 Å². The van der Waals surface area contributed by atoms with E-state index < -0.39 is 0 Å². The fourth-order valence-corrected chi connectivity index (χ4v) is 3.23. The maximum absolute atomic E-state index is 2.35. The van der Waals surface area contributed by atoms with Crippen molar-refractivity contribution < 1.29 is 0 Å². The van der Waals surface area contributed by atoms with Gasteiger partial charge in [-0.3, -0.25) is 0 Å². The SMILES string of the molecule is CC.c1ccc2c(c1)CC1CCCCC21. The van der Waals surface area contributed by atoms with Crippen LogP contribution in [0.4, 0.5) is 0 Å². The van der Waals surface area contributed by atoms with Gasteiger partial charge in [-0.1, -0.05) is 51.0 Å². The van der Waals surface area contributed by atoms with Gasteiger partial charge in [-0.05, 0) is 42.2 Å². The first-order valence-corrected chi connectivity index (χ1v) is 6.53. The van der Waals surface area contributed by atoms with E-state index in [0.717, 1.165) is 11.8 Å². The zero-order valence-corrected chi connectivity index (χ0v) is 10.00. The molecule has 0 radical (unpaired) electrons. The zero-order valence-electron chi connectivity index (χ0n) is 10.00. The highest BCUT2D eigenvalue weighted by molar-refractivity contribution is 5.36. The molecular weight excluding hydrogens is 180 g/mol. The van der Waals surface area contributed by atoms with Crippen molar-refractivity contribution in [1.29, 1.82) is 0 Å². The summed E-state index contributed by atoms with van der Waals surface area (Å²) in [5.41, 5.74) is 3.31. The quantitative estimate of drug-likeness (QED) is 0.579. The maximum Gasteiger partial charge on any atom is -0.0128 e. The van der Waals surface area contributed by atoms with Crippen LogP contribution in [0.5, 0.6) is 0 Å². The van der Waals surface area contributed by atoms with E-state index in [2.05, 4.69) is 24.3 Å². The molecule has 0 nitrogen and oxygen atoms in total. The molecule has 0 spiro atoms. The number of hydrogen-bond acceptors (Lipinski definition) is 0. The first-order valence-electron chi connectivity index (χ1n) is 6.53. The monoisotopic (exact) mass is 202 g/mol. The van der Waals surface area contributed by atoms with Gasteiger partial charge in [-0.2, -0.15) is 0 Å². The molecule has 0 saturated heterocycles. The summed E-state index contributed by atoms with van der Waals surface area (Å²) in [6.45, 7) is 4.00. The lowest BCUT2D eigenvalue weighted by atomic mass is 9.80. The third-order valence-corrected chi connectivity index (χ3v) is 3.85. The molecule has 0 heterocycles. The van der Waals surface area contributed by atoms with Crippen LogP contribution in [-0.4, -0.2) is 0 Å². The van der Waals surface area contributed by atoms with Crippen LogP contribution in [-0.2, 0) is 6.42 Å². The predicted octanol–water partition coefficient (Wildman–Crippen LogP) is 4.54. The van der Waals surface area contributed by atoms with E-state index in [4.69, 9.17) is 0 Å². The van der Waals surface area contributed by atoms with Crippen LogP contribution in [0, 0.1) is 5.92 Å². The highest BCUT2D eigenvalue weighted by Gasteiger charge is 2.33. The van der Waals surface area contributed by atoms with E-state index in [1.807, 2.05) is 13.8 Å². The lowest BCUT2D eigenvalue weighted by Crippen LogP contribution is -2.12. The molecular formula is C15H22. The minimum atomic E-state index is 0.921. The Morgan fingerprint density at radius 1 is 1.00 bits per heavy atom. The van der Waals surface area contributed by atoms with Crippen LogP contribution < -0.4 is 0 Å². The average Bonchev–Trinajstić information content (AvgIpc) is 2.70. The van der Waals surface area contributed by atoms with E-state index >= 15 is 0 Å². The fraction of sp³-hybridized carbons (Fsp3) is 0.600. The van der Waals surface area contributed by atoms with Gasteiger partial charge in [0, 0.05) is 0 Å². The first-order chi connectivity index (χ1) is 7.45. The van der Waals surface area contributed by atoms with Crippen molar-refractivity contribution in [3.05, 3.63) is 35.4 Å². The Hall–Kier alpha value is -0.780. The van der Waals surface area contributed by atoms with E-state index in [0.29, 0.717) is 0 Å². The summed E-state index contributed by atoms with van der Waals surface area (Å²) < 4.78 is 0. The predicted molar refractivity (Wildman–Crippen MR) is 66.2 cm³/mol. The zero-order chi connectivity index (χ0) is 10.7. The molecule has 1 aromatic carbocycles. The second kappa shape index (κ2) is 4.83. The minimum Gasteiger partial charge on any atom is -0.0683 e. The van der Waals surface area contributed by atoms with Gasteiger partial charge in [0.1, 0.15) is 0 Å². The molecule has 0 bridgehead atoms. The van der Waals surface area contributed by atoms with Crippen LogP contribution in [0.25, 0.3) is 0 Å². The standard InChI is InChI=1S/C13H16.C2H6/c1-3-7-12-10(5-1)9-11-6-2-4-8-13(11)12;1-2/h1,3,5,7,11,13H,2,4,6,8-9H2;1-2H3. The Labute approximate surface area is 93.7 Å². The lowest BCUT2D eigenvalue weighted by Gasteiger charge is -2.25. The molecule has 1 aromatic rings. The van der Waals surface area contributed by atoms with Crippen LogP contribution in [0.2, 0.25) is 0 Å². The highest BCUT2D eigenvalue weighted by atomic mass is 14.4. The van der Waals surface area contributed by atoms with Crippen molar-refractivity contribution in [2.24, 2.45) is 5.92 Å². The number of benzene rings is 1. The molecule has 0 heteroatoms. The van der Waals surface area contributed by atoms with Crippen molar-refractivity contribution in [3.63, 3.8) is 0 Å². The van der Waals surface area contributed by atoms with Crippen LogP contribution in [0.3, 0.4) is 0 Å². The molecule has 0 aromatic heterocycles. The van der Waals surface area contributed by atoms with Crippen molar-refractivity contribution in [3.8, 4) is 0 Å². The third kappa shape index (κ3) is 1.95. The largest absolute Gasteiger partial charge is 0.0683 e. The van der Waals surface area contributed by atoms with Crippen LogP contribution in [0.1, 0.15) is 56.6 Å². The van der Waals surface area contributed by atoms with E-state index in [1.54, 1.807) is 11.1 Å². The molecule has 1 saturated carbocycles.